The van der Waals surface area contributed by atoms with Gasteiger partial charge in [0.15, 0.2) is 0 Å². The van der Waals surface area contributed by atoms with E-state index in [-0.39, 0.29) is 5.56 Å². The monoisotopic (exact) mass is 525 g/mol. The fourth-order valence-electron chi connectivity index (χ4n) is 3.44. The van der Waals surface area contributed by atoms with Gasteiger partial charge in [-0.05, 0) is 32.1 Å². The predicted octanol–water partition coefficient (Wildman–Crippen LogP) is 11.0. The fourth-order valence-corrected chi connectivity index (χ4v) is 3.70. The number of carboxylic acid groups (broad SMARTS) is 1. The summed E-state index contributed by atoms with van der Waals surface area (Å²) in [7, 11) is 2.02. The molecule has 0 unspecified atom stereocenters. The number of carbonyl (C=O) groups is 1. The Bertz CT molecular complexity index is 505. The van der Waals surface area contributed by atoms with Crippen molar-refractivity contribution < 1.29 is 9.90 Å². The SMILES string of the molecule is CCCCCCCC.CCCCCCCC.CCCCCCCCNC.O=C(O)c1ccccc1S. The number of hydrogen-bond donors (Lipinski definition) is 3. The van der Waals surface area contributed by atoms with Crippen LogP contribution >= 0.6 is 12.6 Å². The van der Waals surface area contributed by atoms with Gasteiger partial charge in [-0.2, -0.15) is 0 Å². The van der Waals surface area contributed by atoms with Crippen molar-refractivity contribution in [3.05, 3.63) is 29.8 Å². The number of benzene rings is 1. The van der Waals surface area contributed by atoms with Gasteiger partial charge in [0, 0.05) is 4.90 Å². The van der Waals surface area contributed by atoms with E-state index in [0.29, 0.717) is 4.90 Å². The summed E-state index contributed by atoms with van der Waals surface area (Å²) < 4.78 is 0. The molecule has 0 aromatic heterocycles. The standard InChI is InChI=1S/C9H21N.2C8H18.C7H6O2S/c1-3-4-5-6-7-8-9-10-2;2*1-3-5-7-8-6-4-2;8-7(9)5-3-1-2-4-6(5)10/h10H,3-9H2,1-2H3;2*3-8H2,1-2H3;1-4,10H,(H,8,9). The van der Waals surface area contributed by atoms with Crippen molar-refractivity contribution in [1.82, 2.24) is 5.32 Å². The zero-order valence-electron chi connectivity index (χ0n) is 25.0. The van der Waals surface area contributed by atoms with Crippen LogP contribution < -0.4 is 5.32 Å². The first-order chi connectivity index (χ1) is 17.5. The lowest BCUT2D eigenvalue weighted by molar-refractivity contribution is 0.0693. The summed E-state index contributed by atoms with van der Waals surface area (Å²) in [6.45, 7) is 12.5. The van der Waals surface area contributed by atoms with Crippen LogP contribution in [0.5, 0.6) is 0 Å². The second-order valence-corrected chi connectivity index (χ2v) is 10.0. The van der Waals surface area contributed by atoms with E-state index >= 15 is 0 Å². The van der Waals surface area contributed by atoms with E-state index in [0.717, 1.165) is 0 Å². The molecule has 0 spiro atoms. The molecule has 2 N–H and O–H groups in total. The average Bonchev–Trinajstić information content (AvgIpc) is 2.88. The Kier molecular flexibility index (Phi) is 39.7. The number of unbranched alkanes of at least 4 members (excludes halogenated alkanes) is 15. The highest BCUT2D eigenvalue weighted by Crippen LogP contribution is 2.11. The van der Waals surface area contributed by atoms with Crippen molar-refractivity contribution in [2.24, 2.45) is 0 Å². The molecule has 36 heavy (non-hydrogen) atoms. The number of hydrogen-bond acceptors (Lipinski definition) is 3. The highest BCUT2D eigenvalue weighted by atomic mass is 32.1. The van der Waals surface area contributed by atoms with E-state index in [1.807, 2.05) is 7.05 Å². The van der Waals surface area contributed by atoms with Crippen LogP contribution in [0.25, 0.3) is 0 Å². The van der Waals surface area contributed by atoms with Gasteiger partial charge >= 0.3 is 5.97 Å². The maximum Gasteiger partial charge on any atom is 0.336 e. The average molecular weight is 526 g/mol. The van der Waals surface area contributed by atoms with E-state index in [2.05, 4.69) is 52.6 Å². The second-order valence-electron chi connectivity index (χ2n) is 9.52. The van der Waals surface area contributed by atoms with Crippen molar-refractivity contribution in [2.75, 3.05) is 13.6 Å². The van der Waals surface area contributed by atoms with Crippen LogP contribution in [-0.2, 0) is 0 Å². The maximum atomic E-state index is 10.4. The molecule has 214 valence electrons. The predicted molar refractivity (Wildman–Crippen MR) is 166 cm³/mol. The van der Waals surface area contributed by atoms with Gasteiger partial charge in [-0.3, -0.25) is 0 Å². The molecule has 0 saturated heterocycles. The zero-order chi connectivity index (χ0) is 27.7. The lowest BCUT2D eigenvalue weighted by Gasteiger charge is -1.98. The van der Waals surface area contributed by atoms with Crippen LogP contribution in [-0.4, -0.2) is 24.7 Å². The van der Waals surface area contributed by atoms with Crippen molar-refractivity contribution in [3.8, 4) is 0 Å². The second kappa shape index (κ2) is 36.2. The third kappa shape index (κ3) is 35.2. The smallest absolute Gasteiger partial charge is 0.336 e. The van der Waals surface area contributed by atoms with Crippen LogP contribution in [0, 0.1) is 0 Å². The van der Waals surface area contributed by atoms with Gasteiger partial charge in [-0.1, -0.05) is 156 Å². The van der Waals surface area contributed by atoms with Gasteiger partial charge in [0.2, 0.25) is 0 Å². The molecule has 0 saturated carbocycles. The third-order valence-corrected chi connectivity index (χ3v) is 6.22. The van der Waals surface area contributed by atoms with E-state index in [1.54, 1.807) is 18.2 Å². The van der Waals surface area contributed by atoms with Crippen molar-refractivity contribution >= 4 is 18.6 Å². The van der Waals surface area contributed by atoms with Gasteiger partial charge in [-0.15, -0.1) is 12.6 Å². The van der Waals surface area contributed by atoms with Crippen LogP contribution in [0.2, 0.25) is 0 Å². The van der Waals surface area contributed by atoms with Crippen molar-refractivity contribution in [1.29, 1.82) is 0 Å². The molecule has 0 fully saturated rings. The number of carboxylic acids is 1. The minimum absolute atomic E-state index is 0.242. The van der Waals surface area contributed by atoms with Gasteiger partial charge in [0.25, 0.3) is 0 Å². The normalized spacial score (nSPS) is 9.75. The molecular formula is C32H63NO2S. The largest absolute Gasteiger partial charge is 0.478 e. The van der Waals surface area contributed by atoms with E-state index in [1.165, 1.54) is 128 Å². The van der Waals surface area contributed by atoms with Gasteiger partial charge in [0.1, 0.15) is 0 Å². The maximum absolute atomic E-state index is 10.4. The van der Waals surface area contributed by atoms with Crippen LogP contribution in [0.4, 0.5) is 0 Å². The van der Waals surface area contributed by atoms with E-state index in [4.69, 9.17) is 5.11 Å². The van der Waals surface area contributed by atoms with Gasteiger partial charge < -0.3 is 10.4 Å². The molecule has 0 aliphatic rings. The molecule has 0 heterocycles. The summed E-state index contributed by atoms with van der Waals surface area (Å²) in [6.07, 6.45) is 25.4. The third-order valence-electron chi connectivity index (χ3n) is 5.83. The summed E-state index contributed by atoms with van der Waals surface area (Å²) in [4.78, 5) is 10.9. The minimum atomic E-state index is -0.939. The van der Waals surface area contributed by atoms with Crippen LogP contribution in [0.15, 0.2) is 29.2 Å². The molecule has 0 radical (unpaired) electrons. The molecule has 1 aromatic carbocycles. The molecule has 1 aromatic rings. The van der Waals surface area contributed by atoms with E-state index < -0.39 is 5.97 Å². The number of rotatable bonds is 18. The molecule has 4 heteroatoms. The summed E-state index contributed by atoms with van der Waals surface area (Å²) in [6, 6.07) is 6.58. The topological polar surface area (TPSA) is 49.3 Å². The molecular weight excluding hydrogens is 462 g/mol. The van der Waals surface area contributed by atoms with Crippen molar-refractivity contribution in [2.45, 2.75) is 155 Å². The van der Waals surface area contributed by atoms with Gasteiger partial charge in [0.05, 0.1) is 5.56 Å². The number of thiol groups is 1. The molecule has 0 atom stereocenters. The Hall–Kier alpha value is -1.00. The van der Waals surface area contributed by atoms with Crippen LogP contribution in [0.3, 0.4) is 0 Å². The Balaban J connectivity index is -0.000000406. The first-order valence-corrected chi connectivity index (χ1v) is 15.6. The quantitative estimate of drug-likeness (QED) is 0.132. The number of nitrogens with one attached hydrogen (secondary N) is 1. The van der Waals surface area contributed by atoms with Crippen LogP contribution in [0.1, 0.15) is 161 Å². The molecule has 3 nitrogen and oxygen atoms in total. The molecule has 1 rings (SSSR count). The van der Waals surface area contributed by atoms with Gasteiger partial charge in [-0.25, -0.2) is 4.79 Å². The van der Waals surface area contributed by atoms with E-state index in [9.17, 15) is 4.79 Å². The summed E-state index contributed by atoms with van der Waals surface area (Å²) in [5, 5.41) is 11.7. The highest BCUT2D eigenvalue weighted by molar-refractivity contribution is 7.80. The Labute approximate surface area is 232 Å². The lowest BCUT2D eigenvalue weighted by Crippen LogP contribution is -2.06. The number of aromatic carboxylic acids is 1. The zero-order valence-corrected chi connectivity index (χ0v) is 25.9. The molecule has 0 bridgehead atoms. The molecule has 0 amide bonds. The first kappa shape index (κ1) is 39.5. The fraction of sp³-hybridized carbons (Fsp3) is 0.781. The lowest BCUT2D eigenvalue weighted by atomic mass is 10.1. The van der Waals surface area contributed by atoms with Crippen molar-refractivity contribution in [3.63, 3.8) is 0 Å². The molecule has 0 aliphatic carbocycles. The summed E-state index contributed by atoms with van der Waals surface area (Å²) in [5.41, 5.74) is 0.242. The summed E-state index contributed by atoms with van der Waals surface area (Å²) in [5.74, 6) is -0.939. The highest BCUT2D eigenvalue weighted by Gasteiger charge is 2.03. The summed E-state index contributed by atoms with van der Waals surface area (Å²) >= 11 is 3.96. The Morgan fingerprint density at radius 1 is 0.639 bits per heavy atom. The first-order valence-electron chi connectivity index (χ1n) is 15.1. The Morgan fingerprint density at radius 3 is 1.25 bits per heavy atom. The molecule has 0 aliphatic heterocycles. The minimum Gasteiger partial charge on any atom is -0.478 e. The Morgan fingerprint density at radius 2 is 0.972 bits per heavy atom.